The lowest BCUT2D eigenvalue weighted by molar-refractivity contribution is -0.142. The largest absolute Gasteiger partial charge is 0.463 e. The van der Waals surface area contributed by atoms with Gasteiger partial charge in [-0.1, -0.05) is 6.92 Å². The Kier molecular flexibility index (Phi) is 17.1. The van der Waals surface area contributed by atoms with E-state index in [2.05, 4.69) is 11.8 Å². The molecule has 0 saturated heterocycles. The predicted octanol–water partition coefficient (Wildman–Crippen LogP) is 0.958. The van der Waals surface area contributed by atoms with E-state index in [9.17, 15) is 4.79 Å². The maximum absolute atomic E-state index is 10.6. The summed E-state index contributed by atoms with van der Waals surface area (Å²) in [5, 5.41) is 0. The van der Waals surface area contributed by atoms with Crippen LogP contribution in [0.15, 0.2) is 0 Å². The van der Waals surface area contributed by atoms with Crippen molar-refractivity contribution in [1.29, 1.82) is 0 Å². The first-order chi connectivity index (χ1) is 11.2. The quantitative estimate of drug-likeness (QED) is 0.290. The summed E-state index contributed by atoms with van der Waals surface area (Å²) >= 11 is 0. The maximum atomic E-state index is 10.6. The minimum Gasteiger partial charge on any atom is -0.463 e. The van der Waals surface area contributed by atoms with Gasteiger partial charge in [0.2, 0.25) is 0 Å². The highest BCUT2D eigenvalue weighted by atomic mass is 16.6. The average molecular weight is 335 g/mol. The third-order valence-corrected chi connectivity index (χ3v) is 2.97. The molecule has 0 aromatic carbocycles. The van der Waals surface area contributed by atoms with Crippen molar-refractivity contribution in [1.82, 2.24) is 4.90 Å². The van der Waals surface area contributed by atoms with E-state index in [1.165, 1.54) is 6.92 Å². The van der Waals surface area contributed by atoms with Crippen LogP contribution in [0.3, 0.4) is 0 Å². The van der Waals surface area contributed by atoms with Crippen molar-refractivity contribution in [3.05, 3.63) is 0 Å². The molecule has 0 spiro atoms. The molecular formula is C16H33NO6. The van der Waals surface area contributed by atoms with Gasteiger partial charge in [0.15, 0.2) is 0 Å². The van der Waals surface area contributed by atoms with E-state index >= 15 is 0 Å². The fraction of sp³-hybridized carbons (Fsp3) is 0.938. The summed E-state index contributed by atoms with van der Waals surface area (Å²) < 4.78 is 26.3. The molecule has 0 bridgehead atoms. The molecule has 0 atom stereocenters. The van der Waals surface area contributed by atoms with Gasteiger partial charge in [0.05, 0.1) is 39.6 Å². The molecule has 7 heteroatoms. The average Bonchev–Trinajstić information content (AvgIpc) is 2.53. The summed E-state index contributed by atoms with van der Waals surface area (Å²) in [6.45, 7) is 10.6. The number of hydrogen-bond donors (Lipinski definition) is 0. The van der Waals surface area contributed by atoms with E-state index in [0.717, 1.165) is 32.7 Å². The van der Waals surface area contributed by atoms with Crippen molar-refractivity contribution in [3.63, 3.8) is 0 Å². The van der Waals surface area contributed by atoms with Gasteiger partial charge >= 0.3 is 5.97 Å². The summed E-state index contributed by atoms with van der Waals surface area (Å²) in [7, 11) is 1.66. The lowest BCUT2D eigenvalue weighted by Crippen LogP contribution is -2.34. The summed E-state index contributed by atoms with van der Waals surface area (Å²) in [5.41, 5.74) is 0. The molecule has 0 N–H and O–H groups in total. The zero-order valence-corrected chi connectivity index (χ0v) is 14.9. The Balaban J connectivity index is 3.75. The third kappa shape index (κ3) is 17.5. The fourth-order valence-electron chi connectivity index (χ4n) is 1.75. The lowest BCUT2D eigenvalue weighted by Gasteiger charge is -2.22. The number of carbonyl (C=O) groups is 1. The van der Waals surface area contributed by atoms with Crippen molar-refractivity contribution in [2.45, 2.75) is 20.3 Å². The van der Waals surface area contributed by atoms with Crippen LogP contribution in [0.1, 0.15) is 20.3 Å². The Labute approximate surface area is 140 Å². The standard InChI is InChI=1S/C16H33NO6/c1-4-8-20-9-5-17(6-10-21-13-12-19-3)7-11-22-14-15-23-16(2)18/h4-15H2,1-3H3. The van der Waals surface area contributed by atoms with Crippen molar-refractivity contribution < 1.29 is 28.5 Å². The van der Waals surface area contributed by atoms with Crippen molar-refractivity contribution in [2.24, 2.45) is 0 Å². The second-order valence-electron chi connectivity index (χ2n) is 5.01. The molecule has 0 aliphatic rings. The highest BCUT2D eigenvalue weighted by molar-refractivity contribution is 5.65. The normalized spacial score (nSPS) is 11.1. The van der Waals surface area contributed by atoms with Crippen LogP contribution in [0, 0.1) is 0 Å². The number of hydrogen-bond acceptors (Lipinski definition) is 7. The fourth-order valence-corrected chi connectivity index (χ4v) is 1.75. The number of rotatable bonds is 17. The predicted molar refractivity (Wildman–Crippen MR) is 87.7 cm³/mol. The molecule has 0 unspecified atom stereocenters. The summed E-state index contributed by atoms with van der Waals surface area (Å²) in [5.74, 6) is -0.281. The number of ether oxygens (including phenoxy) is 5. The van der Waals surface area contributed by atoms with Gasteiger partial charge in [0, 0.05) is 40.3 Å². The number of carbonyl (C=O) groups excluding carboxylic acids is 1. The number of esters is 1. The van der Waals surface area contributed by atoms with Crippen molar-refractivity contribution in [3.8, 4) is 0 Å². The van der Waals surface area contributed by atoms with Gasteiger partial charge < -0.3 is 23.7 Å². The highest BCUT2D eigenvalue weighted by Gasteiger charge is 2.05. The number of nitrogens with zero attached hydrogens (tertiary/aromatic N) is 1. The van der Waals surface area contributed by atoms with E-state index < -0.39 is 0 Å². The molecule has 0 saturated carbocycles. The van der Waals surface area contributed by atoms with Gasteiger partial charge in [0.25, 0.3) is 0 Å². The number of methoxy groups -OCH3 is 1. The highest BCUT2D eigenvalue weighted by Crippen LogP contribution is 1.92. The van der Waals surface area contributed by atoms with Crippen LogP contribution in [-0.4, -0.2) is 90.5 Å². The molecule has 138 valence electrons. The van der Waals surface area contributed by atoms with Crippen molar-refractivity contribution >= 4 is 5.97 Å². The molecule has 23 heavy (non-hydrogen) atoms. The minimum atomic E-state index is -0.281. The van der Waals surface area contributed by atoms with E-state index in [-0.39, 0.29) is 5.97 Å². The van der Waals surface area contributed by atoms with Gasteiger partial charge in [-0.3, -0.25) is 9.69 Å². The van der Waals surface area contributed by atoms with E-state index in [4.69, 9.17) is 23.7 Å². The van der Waals surface area contributed by atoms with Crippen LogP contribution >= 0.6 is 0 Å². The summed E-state index contributed by atoms with van der Waals surface area (Å²) in [6.07, 6.45) is 1.03. The van der Waals surface area contributed by atoms with Gasteiger partial charge in [-0.2, -0.15) is 0 Å². The SMILES string of the molecule is CCCOCCN(CCOCCOC)CCOCCOC(C)=O. The molecule has 0 fully saturated rings. The Morgan fingerprint density at radius 1 is 0.783 bits per heavy atom. The Morgan fingerprint density at radius 3 is 1.78 bits per heavy atom. The Hall–Kier alpha value is -0.730. The maximum Gasteiger partial charge on any atom is 0.302 e. The minimum absolute atomic E-state index is 0.281. The van der Waals surface area contributed by atoms with E-state index in [1.807, 2.05) is 0 Å². The van der Waals surface area contributed by atoms with Crippen LogP contribution in [0.2, 0.25) is 0 Å². The van der Waals surface area contributed by atoms with Crippen LogP contribution in [0.5, 0.6) is 0 Å². The first-order valence-corrected chi connectivity index (χ1v) is 8.28. The second-order valence-corrected chi connectivity index (χ2v) is 5.01. The first kappa shape index (κ1) is 22.3. The molecule has 0 aromatic heterocycles. The van der Waals surface area contributed by atoms with Gasteiger partial charge in [-0.15, -0.1) is 0 Å². The van der Waals surface area contributed by atoms with Crippen LogP contribution in [0.4, 0.5) is 0 Å². The molecule has 7 nitrogen and oxygen atoms in total. The van der Waals surface area contributed by atoms with E-state index in [0.29, 0.717) is 46.2 Å². The van der Waals surface area contributed by atoms with E-state index in [1.54, 1.807) is 7.11 Å². The lowest BCUT2D eigenvalue weighted by atomic mass is 10.4. The summed E-state index contributed by atoms with van der Waals surface area (Å²) in [6, 6.07) is 0. The van der Waals surface area contributed by atoms with Crippen LogP contribution in [0.25, 0.3) is 0 Å². The molecule has 0 aliphatic carbocycles. The topological polar surface area (TPSA) is 66.5 Å². The van der Waals surface area contributed by atoms with Gasteiger partial charge in [-0.25, -0.2) is 0 Å². The van der Waals surface area contributed by atoms with Gasteiger partial charge in [0.1, 0.15) is 6.61 Å². The zero-order valence-electron chi connectivity index (χ0n) is 14.9. The molecule has 0 radical (unpaired) electrons. The monoisotopic (exact) mass is 335 g/mol. The Morgan fingerprint density at radius 2 is 1.30 bits per heavy atom. The summed E-state index contributed by atoms with van der Waals surface area (Å²) in [4.78, 5) is 12.9. The zero-order chi connectivity index (χ0) is 17.2. The van der Waals surface area contributed by atoms with Gasteiger partial charge in [-0.05, 0) is 6.42 Å². The molecule has 0 aliphatic heterocycles. The smallest absolute Gasteiger partial charge is 0.302 e. The molecule has 0 heterocycles. The molecule has 0 rings (SSSR count). The van der Waals surface area contributed by atoms with Crippen LogP contribution < -0.4 is 0 Å². The third-order valence-electron chi connectivity index (χ3n) is 2.97. The first-order valence-electron chi connectivity index (χ1n) is 8.28. The van der Waals surface area contributed by atoms with Crippen molar-refractivity contribution in [2.75, 3.05) is 79.6 Å². The molecule has 0 aromatic rings. The molecular weight excluding hydrogens is 302 g/mol. The second kappa shape index (κ2) is 17.6. The van der Waals surface area contributed by atoms with Crippen LogP contribution in [-0.2, 0) is 28.5 Å². The Bertz CT molecular complexity index is 265. The molecule has 0 amide bonds.